The minimum absolute atomic E-state index is 0.00256. The smallest absolute Gasteiger partial charge is 0.325 e. The molecule has 2 rings (SSSR count). The Hall–Kier alpha value is -2.69. The SMILES string of the molecule is CCN(CC(=O)OCc1ccccc1)C(=O)CCCc1ccncc1. The van der Waals surface area contributed by atoms with Crippen LogP contribution in [0, 0.1) is 0 Å². The molecule has 0 N–H and O–H groups in total. The molecule has 2 aromatic rings. The summed E-state index contributed by atoms with van der Waals surface area (Å²) in [6.07, 6.45) is 5.49. The van der Waals surface area contributed by atoms with Crippen molar-refractivity contribution in [1.29, 1.82) is 0 Å². The van der Waals surface area contributed by atoms with Crippen molar-refractivity contribution in [2.45, 2.75) is 32.8 Å². The molecule has 0 unspecified atom stereocenters. The second-order valence-corrected chi connectivity index (χ2v) is 5.76. The van der Waals surface area contributed by atoms with Gasteiger partial charge in [-0.2, -0.15) is 0 Å². The van der Waals surface area contributed by atoms with Gasteiger partial charge < -0.3 is 9.64 Å². The van der Waals surface area contributed by atoms with Gasteiger partial charge in [0, 0.05) is 25.4 Å². The van der Waals surface area contributed by atoms with Crippen LogP contribution in [0.25, 0.3) is 0 Å². The number of likely N-dealkylation sites (N-methyl/N-ethyl adjacent to an activating group) is 1. The number of rotatable bonds is 9. The first kappa shape index (κ1) is 18.6. The second kappa shape index (κ2) is 10.2. The van der Waals surface area contributed by atoms with Crippen molar-refractivity contribution in [2.75, 3.05) is 13.1 Å². The van der Waals surface area contributed by atoms with E-state index >= 15 is 0 Å². The van der Waals surface area contributed by atoms with Crippen molar-refractivity contribution < 1.29 is 14.3 Å². The van der Waals surface area contributed by atoms with Gasteiger partial charge in [-0.25, -0.2) is 0 Å². The molecule has 0 saturated heterocycles. The number of hydrogen-bond donors (Lipinski definition) is 0. The lowest BCUT2D eigenvalue weighted by atomic mass is 10.1. The number of carbonyl (C=O) groups excluding carboxylic acids is 2. The lowest BCUT2D eigenvalue weighted by Gasteiger charge is -2.20. The maximum absolute atomic E-state index is 12.3. The Labute approximate surface area is 148 Å². The maximum Gasteiger partial charge on any atom is 0.325 e. The highest BCUT2D eigenvalue weighted by Crippen LogP contribution is 2.06. The van der Waals surface area contributed by atoms with E-state index in [0.717, 1.165) is 24.0 Å². The van der Waals surface area contributed by atoms with Gasteiger partial charge in [0.1, 0.15) is 13.2 Å². The number of hydrogen-bond acceptors (Lipinski definition) is 4. The summed E-state index contributed by atoms with van der Waals surface area (Å²) in [5.41, 5.74) is 2.09. The van der Waals surface area contributed by atoms with E-state index in [1.807, 2.05) is 49.4 Å². The first-order valence-corrected chi connectivity index (χ1v) is 8.55. The molecule has 1 aromatic heterocycles. The summed E-state index contributed by atoms with van der Waals surface area (Å²) in [7, 11) is 0. The Morgan fingerprint density at radius 2 is 1.76 bits per heavy atom. The number of carbonyl (C=O) groups is 2. The highest BCUT2D eigenvalue weighted by Gasteiger charge is 2.16. The van der Waals surface area contributed by atoms with E-state index in [4.69, 9.17) is 4.74 Å². The van der Waals surface area contributed by atoms with Crippen molar-refractivity contribution in [1.82, 2.24) is 9.88 Å². The molecule has 5 nitrogen and oxygen atoms in total. The first-order valence-electron chi connectivity index (χ1n) is 8.55. The van der Waals surface area contributed by atoms with Crippen molar-refractivity contribution in [2.24, 2.45) is 0 Å². The Bertz CT molecular complexity index is 659. The zero-order valence-electron chi connectivity index (χ0n) is 14.6. The Kier molecular flexibility index (Phi) is 7.63. The quantitative estimate of drug-likeness (QED) is 0.659. The molecule has 25 heavy (non-hydrogen) atoms. The summed E-state index contributed by atoms with van der Waals surface area (Å²) in [6, 6.07) is 13.4. The largest absolute Gasteiger partial charge is 0.459 e. The predicted octanol–water partition coefficient (Wildman–Crippen LogP) is 3.00. The minimum atomic E-state index is -0.381. The molecule has 0 spiro atoms. The predicted molar refractivity (Wildman–Crippen MR) is 95.7 cm³/mol. The van der Waals surface area contributed by atoms with Crippen LogP contribution >= 0.6 is 0 Å². The highest BCUT2D eigenvalue weighted by molar-refractivity contribution is 5.82. The fourth-order valence-corrected chi connectivity index (χ4v) is 2.47. The molecule has 1 aromatic carbocycles. The molecule has 0 fully saturated rings. The summed E-state index contributed by atoms with van der Waals surface area (Å²) < 4.78 is 5.24. The summed E-state index contributed by atoms with van der Waals surface area (Å²) in [6.45, 7) is 2.59. The molecule has 0 radical (unpaired) electrons. The Morgan fingerprint density at radius 1 is 1.04 bits per heavy atom. The number of esters is 1. The molecule has 1 amide bonds. The van der Waals surface area contributed by atoms with Gasteiger partial charge in [0.2, 0.25) is 5.91 Å². The maximum atomic E-state index is 12.3. The van der Waals surface area contributed by atoms with E-state index in [1.165, 1.54) is 0 Å². The molecule has 0 atom stereocenters. The van der Waals surface area contributed by atoms with Gasteiger partial charge in [0.05, 0.1) is 0 Å². The highest BCUT2D eigenvalue weighted by atomic mass is 16.5. The third-order valence-corrected chi connectivity index (χ3v) is 3.90. The van der Waals surface area contributed by atoms with Crippen LogP contribution in [0.1, 0.15) is 30.9 Å². The van der Waals surface area contributed by atoms with Gasteiger partial charge in [0.25, 0.3) is 0 Å². The topological polar surface area (TPSA) is 59.5 Å². The van der Waals surface area contributed by atoms with Gasteiger partial charge >= 0.3 is 5.97 Å². The fourth-order valence-electron chi connectivity index (χ4n) is 2.47. The standard InChI is InChI=1S/C20H24N2O3/c1-2-22(15-20(24)25-16-18-7-4-3-5-8-18)19(23)10-6-9-17-11-13-21-14-12-17/h3-5,7-8,11-14H,2,6,9-10,15-16H2,1H3. The van der Waals surface area contributed by atoms with Gasteiger partial charge in [-0.3, -0.25) is 14.6 Å². The number of aryl methyl sites for hydroxylation is 1. The van der Waals surface area contributed by atoms with Crippen LogP contribution < -0.4 is 0 Å². The third kappa shape index (κ3) is 6.75. The molecular weight excluding hydrogens is 316 g/mol. The number of benzene rings is 1. The van der Waals surface area contributed by atoms with Crippen LogP contribution in [0.4, 0.5) is 0 Å². The molecule has 5 heteroatoms. The molecule has 0 aliphatic carbocycles. The number of amides is 1. The van der Waals surface area contributed by atoms with E-state index in [2.05, 4.69) is 4.98 Å². The zero-order chi connectivity index (χ0) is 17.9. The molecule has 1 heterocycles. The summed E-state index contributed by atoms with van der Waals surface area (Å²) in [4.78, 5) is 29.8. The Morgan fingerprint density at radius 3 is 2.44 bits per heavy atom. The zero-order valence-corrected chi connectivity index (χ0v) is 14.6. The monoisotopic (exact) mass is 340 g/mol. The molecule has 0 aliphatic heterocycles. The van der Waals surface area contributed by atoms with Gasteiger partial charge in [-0.05, 0) is 43.0 Å². The normalized spacial score (nSPS) is 10.3. The minimum Gasteiger partial charge on any atom is -0.459 e. The van der Waals surface area contributed by atoms with E-state index in [-0.39, 0.29) is 25.0 Å². The number of nitrogens with zero attached hydrogens (tertiary/aromatic N) is 2. The van der Waals surface area contributed by atoms with Gasteiger partial charge in [-0.1, -0.05) is 30.3 Å². The number of pyridine rings is 1. The lowest BCUT2D eigenvalue weighted by molar-refractivity contribution is -0.150. The van der Waals surface area contributed by atoms with Gasteiger partial charge in [-0.15, -0.1) is 0 Å². The summed E-state index contributed by atoms with van der Waals surface area (Å²) in [5.74, 6) is -0.401. The van der Waals surface area contributed by atoms with E-state index in [1.54, 1.807) is 17.3 Å². The van der Waals surface area contributed by atoms with Crippen molar-refractivity contribution in [3.63, 3.8) is 0 Å². The van der Waals surface area contributed by atoms with E-state index < -0.39 is 0 Å². The average Bonchev–Trinajstić information content (AvgIpc) is 2.66. The van der Waals surface area contributed by atoms with Crippen molar-refractivity contribution >= 4 is 11.9 Å². The molecule has 0 bridgehead atoms. The summed E-state index contributed by atoms with van der Waals surface area (Å²) >= 11 is 0. The van der Waals surface area contributed by atoms with Crippen LogP contribution in [0.15, 0.2) is 54.9 Å². The van der Waals surface area contributed by atoms with E-state index in [9.17, 15) is 9.59 Å². The van der Waals surface area contributed by atoms with Crippen LogP contribution in [-0.4, -0.2) is 34.8 Å². The van der Waals surface area contributed by atoms with Crippen molar-refractivity contribution in [3.05, 3.63) is 66.0 Å². The fraction of sp³-hybridized carbons (Fsp3) is 0.350. The first-order chi connectivity index (χ1) is 12.2. The molecule has 0 saturated carbocycles. The third-order valence-electron chi connectivity index (χ3n) is 3.90. The number of aromatic nitrogens is 1. The van der Waals surface area contributed by atoms with Crippen molar-refractivity contribution in [3.8, 4) is 0 Å². The van der Waals surface area contributed by atoms with E-state index in [0.29, 0.717) is 13.0 Å². The van der Waals surface area contributed by atoms with Crippen LogP contribution in [0.2, 0.25) is 0 Å². The molecule has 132 valence electrons. The van der Waals surface area contributed by atoms with Gasteiger partial charge in [0.15, 0.2) is 0 Å². The molecular formula is C20H24N2O3. The Balaban J connectivity index is 1.72. The second-order valence-electron chi connectivity index (χ2n) is 5.76. The van der Waals surface area contributed by atoms with Crippen LogP contribution in [0.5, 0.6) is 0 Å². The molecule has 0 aliphatic rings. The number of ether oxygens (including phenoxy) is 1. The lowest BCUT2D eigenvalue weighted by Crippen LogP contribution is -2.36. The van der Waals surface area contributed by atoms with Crippen LogP contribution in [-0.2, 0) is 27.4 Å². The van der Waals surface area contributed by atoms with Crippen LogP contribution in [0.3, 0.4) is 0 Å². The summed E-state index contributed by atoms with van der Waals surface area (Å²) in [5, 5.41) is 0. The average molecular weight is 340 g/mol.